The first-order valence-electron chi connectivity index (χ1n) is 7.12. The van der Waals surface area contributed by atoms with E-state index in [9.17, 15) is 4.79 Å². The molecule has 2 aromatic rings. The average Bonchev–Trinajstić information content (AvgIpc) is 2.99. The van der Waals surface area contributed by atoms with Crippen LogP contribution in [0.2, 0.25) is 0 Å². The van der Waals surface area contributed by atoms with Crippen molar-refractivity contribution < 1.29 is 19.0 Å². The highest BCUT2D eigenvalue weighted by atomic mass is 16.7. The van der Waals surface area contributed by atoms with Gasteiger partial charge in [-0.1, -0.05) is 12.1 Å². The summed E-state index contributed by atoms with van der Waals surface area (Å²) in [6.07, 6.45) is 0.403. The van der Waals surface area contributed by atoms with E-state index in [1.54, 1.807) is 7.11 Å². The van der Waals surface area contributed by atoms with Crippen LogP contribution in [-0.4, -0.2) is 19.8 Å². The molecule has 5 nitrogen and oxygen atoms in total. The molecule has 1 amide bonds. The number of hydrogen-bond donors (Lipinski definition) is 1. The van der Waals surface area contributed by atoms with Crippen molar-refractivity contribution in [1.82, 2.24) is 0 Å². The average molecular weight is 297 g/mol. The van der Waals surface area contributed by atoms with Crippen molar-refractivity contribution in [3.05, 3.63) is 47.5 Å². The number of methoxy groups -OCH3 is 1. The van der Waals surface area contributed by atoms with Crippen LogP contribution < -0.4 is 19.5 Å². The minimum Gasteiger partial charge on any atom is -0.497 e. The first kappa shape index (κ1) is 13.0. The van der Waals surface area contributed by atoms with Crippen molar-refractivity contribution in [3.8, 4) is 17.2 Å². The minimum atomic E-state index is -0.0200. The van der Waals surface area contributed by atoms with Crippen LogP contribution >= 0.6 is 0 Å². The van der Waals surface area contributed by atoms with Gasteiger partial charge in [-0.15, -0.1) is 0 Å². The largest absolute Gasteiger partial charge is 0.497 e. The van der Waals surface area contributed by atoms with Gasteiger partial charge in [-0.3, -0.25) is 4.79 Å². The molecule has 0 radical (unpaired) electrons. The van der Waals surface area contributed by atoms with Gasteiger partial charge >= 0.3 is 0 Å². The normalized spacial score (nSPS) is 18.6. The molecular weight excluding hydrogens is 282 g/mol. The van der Waals surface area contributed by atoms with E-state index in [0.717, 1.165) is 28.3 Å². The molecule has 0 saturated heterocycles. The van der Waals surface area contributed by atoms with Crippen molar-refractivity contribution in [2.45, 2.75) is 12.3 Å². The maximum Gasteiger partial charge on any atom is 0.231 e. The van der Waals surface area contributed by atoms with Crippen LogP contribution in [0.5, 0.6) is 17.2 Å². The van der Waals surface area contributed by atoms with Crippen LogP contribution in [0.1, 0.15) is 23.5 Å². The van der Waals surface area contributed by atoms with Gasteiger partial charge < -0.3 is 19.5 Å². The third kappa shape index (κ3) is 2.06. The molecule has 2 aliphatic rings. The highest BCUT2D eigenvalue weighted by Crippen LogP contribution is 2.44. The SMILES string of the molecule is COc1cccc([C@@H]2CC(=O)Nc3cc4c(cc32)OCO4)c1. The van der Waals surface area contributed by atoms with Gasteiger partial charge in [-0.25, -0.2) is 0 Å². The highest BCUT2D eigenvalue weighted by molar-refractivity contribution is 5.96. The quantitative estimate of drug-likeness (QED) is 0.926. The van der Waals surface area contributed by atoms with E-state index >= 15 is 0 Å². The van der Waals surface area contributed by atoms with Crippen molar-refractivity contribution >= 4 is 11.6 Å². The summed E-state index contributed by atoms with van der Waals surface area (Å²) in [5.41, 5.74) is 2.87. The van der Waals surface area contributed by atoms with Crippen molar-refractivity contribution in [1.29, 1.82) is 0 Å². The van der Waals surface area contributed by atoms with Crippen LogP contribution in [0, 0.1) is 0 Å². The zero-order valence-corrected chi connectivity index (χ0v) is 12.1. The Hall–Kier alpha value is -2.69. The summed E-state index contributed by atoms with van der Waals surface area (Å²) in [6, 6.07) is 11.6. The number of carbonyl (C=O) groups is 1. The van der Waals surface area contributed by atoms with Crippen LogP contribution in [0.15, 0.2) is 36.4 Å². The standard InChI is InChI=1S/C17H15NO4/c1-20-11-4-2-3-10(5-11)12-7-17(19)18-14-8-16-15(6-13(12)14)21-9-22-16/h2-6,8,12H,7,9H2,1H3,(H,18,19)/t12-/m0/s1. The summed E-state index contributed by atoms with van der Waals surface area (Å²) in [6.45, 7) is 0.218. The first-order chi connectivity index (χ1) is 10.7. The van der Waals surface area contributed by atoms with E-state index in [2.05, 4.69) is 5.32 Å². The maximum atomic E-state index is 12.0. The Labute approximate surface area is 127 Å². The molecule has 2 aliphatic heterocycles. The van der Waals surface area contributed by atoms with Crippen molar-refractivity contribution in [2.75, 3.05) is 19.2 Å². The monoisotopic (exact) mass is 297 g/mol. The zero-order valence-electron chi connectivity index (χ0n) is 12.1. The smallest absolute Gasteiger partial charge is 0.231 e. The molecule has 0 aliphatic carbocycles. The number of anilines is 1. The van der Waals surface area contributed by atoms with Gasteiger partial charge in [0.2, 0.25) is 12.7 Å². The molecule has 0 spiro atoms. The predicted octanol–water partition coefficient (Wildman–Crippen LogP) is 2.90. The Kier molecular flexibility index (Phi) is 2.92. The van der Waals surface area contributed by atoms with Crippen LogP contribution in [0.3, 0.4) is 0 Å². The van der Waals surface area contributed by atoms with Gasteiger partial charge in [0.25, 0.3) is 0 Å². The Bertz CT molecular complexity index is 756. The fourth-order valence-electron chi connectivity index (χ4n) is 3.01. The fourth-order valence-corrected chi connectivity index (χ4v) is 3.01. The molecule has 1 atom stereocenters. The number of fused-ring (bicyclic) bond motifs is 2. The molecule has 112 valence electrons. The number of ether oxygens (including phenoxy) is 3. The van der Waals surface area contributed by atoms with E-state index in [4.69, 9.17) is 14.2 Å². The topological polar surface area (TPSA) is 56.8 Å². The molecule has 5 heteroatoms. The third-order valence-electron chi connectivity index (χ3n) is 4.08. The Morgan fingerprint density at radius 1 is 1.18 bits per heavy atom. The van der Waals surface area contributed by atoms with E-state index < -0.39 is 0 Å². The lowest BCUT2D eigenvalue weighted by molar-refractivity contribution is -0.116. The van der Waals surface area contributed by atoms with E-state index in [1.165, 1.54) is 0 Å². The third-order valence-corrected chi connectivity index (χ3v) is 4.08. The number of amides is 1. The van der Waals surface area contributed by atoms with Crippen LogP contribution in [0.25, 0.3) is 0 Å². The van der Waals surface area contributed by atoms with Gasteiger partial charge in [-0.2, -0.15) is 0 Å². The maximum absolute atomic E-state index is 12.0. The van der Waals surface area contributed by atoms with Gasteiger partial charge in [0.05, 0.1) is 7.11 Å². The number of carbonyl (C=O) groups excluding carboxylic acids is 1. The Morgan fingerprint density at radius 2 is 2.00 bits per heavy atom. The molecule has 0 aromatic heterocycles. The number of nitrogens with one attached hydrogen (secondary N) is 1. The van der Waals surface area contributed by atoms with Crippen molar-refractivity contribution in [3.63, 3.8) is 0 Å². The van der Waals surface area contributed by atoms with Gasteiger partial charge in [0.1, 0.15) is 5.75 Å². The van der Waals surface area contributed by atoms with Crippen LogP contribution in [-0.2, 0) is 4.79 Å². The molecule has 0 fully saturated rings. The number of rotatable bonds is 2. The zero-order chi connectivity index (χ0) is 15.1. The molecule has 1 N–H and O–H groups in total. The Morgan fingerprint density at radius 3 is 2.82 bits per heavy atom. The minimum absolute atomic E-state index is 0.000754. The van der Waals surface area contributed by atoms with Crippen molar-refractivity contribution in [2.24, 2.45) is 0 Å². The second-order valence-electron chi connectivity index (χ2n) is 5.37. The number of benzene rings is 2. The first-order valence-corrected chi connectivity index (χ1v) is 7.12. The molecule has 22 heavy (non-hydrogen) atoms. The summed E-state index contributed by atoms with van der Waals surface area (Å²) >= 11 is 0. The van der Waals surface area contributed by atoms with E-state index in [-0.39, 0.29) is 18.6 Å². The van der Waals surface area contributed by atoms with Gasteiger partial charge in [-0.05, 0) is 29.3 Å². The lowest BCUT2D eigenvalue weighted by Gasteiger charge is -2.26. The molecular formula is C17H15NO4. The summed E-state index contributed by atoms with van der Waals surface area (Å²) < 4.78 is 16.1. The van der Waals surface area contributed by atoms with Gasteiger partial charge in [0.15, 0.2) is 11.5 Å². The molecule has 4 rings (SSSR count). The second-order valence-corrected chi connectivity index (χ2v) is 5.37. The van der Waals surface area contributed by atoms with E-state index in [1.807, 2.05) is 36.4 Å². The lowest BCUT2D eigenvalue weighted by atomic mass is 9.84. The molecule has 2 heterocycles. The summed E-state index contributed by atoms with van der Waals surface area (Å²) in [7, 11) is 1.64. The predicted molar refractivity (Wildman–Crippen MR) is 80.6 cm³/mol. The Balaban J connectivity index is 1.83. The highest BCUT2D eigenvalue weighted by Gasteiger charge is 2.29. The molecule has 0 bridgehead atoms. The molecule has 2 aromatic carbocycles. The van der Waals surface area contributed by atoms with Gasteiger partial charge in [0, 0.05) is 24.1 Å². The van der Waals surface area contributed by atoms with Crippen LogP contribution in [0.4, 0.5) is 5.69 Å². The number of hydrogen-bond acceptors (Lipinski definition) is 4. The van der Waals surface area contributed by atoms with E-state index in [0.29, 0.717) is 12.2 Å². The summed E-state index contributed by atoms with van der Waals surface area (Å²) in [4.78, 5) is 12.0. The molecule has 0 saturated carbocycles. The molecule has 0 unspecified atom stereocenters. The fraction of sp³-hybridized carbons (Fsp3) is 0.235. The summed E-state index contributed by atoms with van der Waals surface area (Å²) in [5, 5.41) is 2.91. The summed E-state index contributed by atoms with van der Waals surface area (Å²) in [5.74, 6) is 2.16. The second kappa shape index (κ2) is 4.94. The lowest BCUT2D eigenvalue weighted by Crippen LogP contribution is -2.23.